The number of hydrogen-bond acceptors (Lipinski definition) is 4. The maximum atomic E-state index is 13.6. The van der Waals surface area contributed by atoms with Crippen LogP contribution in [-0.2, 0) is 16.6 Å². The van der Waals surface area contributed by atoms with Crippen molar-refractivity contribution >= 4 is 32.8 Å². The third-order valence-corrected chi connectivity index (χ3v) is 6.32. The summed E-state index contributed by atoms with van der Waals surface area (Å²) in [6.45, 7) is 2.25. The molecule has 0 aliphatic rings. The highest BCUT2D eigenvalue weighted by molar-refractivity contribution is 7.89. The maximum absolute atomic E-state index is 13.6. The van der Waals surface area contributed by atoms with Crippen molar-refractivity contribution in [3.63, 3.8) is 0 Å². The molecule has 8 nitrogen and oxygen atoms in total. The molecule has 1 heterocycles. The summed E-state index contributed by atoms with van der Waals surface area (Å²) in [6.07, 6.45) is 0. The Kier molecular flexibility index (Phi) is 6.04. The van der Waals surface area contributed by atoms with Crippen molar-refractivity contribution in [1.82, 2.24) is 19.2 Å². The normalized spacial score (nSPS) is 11.8. The van der Waals surface area contributed by atoms with Crippen LogP contribution >= 0.6 is 0 Å². The van der Waals surface area contributed by atoms with E-state index < -0.39 is 33.4 Å². The second-order valence-corrected chi connectivity index (χ2v) is 8.88. The first-order valence-electron chi connectivity index (χ1n) is 8.99. The molecule has 0 atom stereocenters. The van der Waals surface area contributed by atoms with Gasteiger partial charge in [0.1, 0.15) is 23.1 Å². The van der Waals surface area contributed by atoms with E-state index in [1.54, 1.807) is 13.0 Å². The van der Waals surface area contributed by atoms with E-state index in [-0.39, 0.29) is 11.4 Å². The summed E-state index contributed by atoms with van der Waals surface area (Å²) in [7, 11) is -0.676. The molecule has 3 rings (SSSR count). The van der Waals surface area contributed by atoms with E-state index in [0.717, 1.165) is 16.4 Å². The molecule has 0 aliphatic carbocycles. The fraction of sp³-hybridized carbons (Fsp3) is 0.263. The molecular formula is C19H21F2N5O3S. The van der Waals surface area contributed by atoms with Crippen LogP contribution in [0.1, 0.15) is 5.82 Å². The van der Waals surface area contributed by atoms with Crippen molar-refractivity contribution in [2.45, 2.75) is 18.4 Å². The number of benzene rings is 2. The van der Waals surface area contributed by atoms with Gasteiger partial charge in [-0.2, -0.15) is 0 Å². The lowest BCUT2D eigenvalue weighted by Gasteiger charge is -2.12. The van der Waals surface area contributed by atoms with Crippen molar-refractivity contribution in [1.29, 1.82) is 0 Å². The summed E-state index contributed by atoms with van der Waals surface area (Å²) in [5.41, 5.74) is 0.690. The van der Waals surface area contributed by atoms with E-state index in [4.69, 9.17) is 0 Å². The SMILES string of the molecule is Cc1nc2cc(S(=O)(=O)N(C)C)ccc2n1CCNC(=O)Nc1c(F)cccc1F. The lowest BCUT2D eigenvalue weighted by Crippen LogP contribution is -2.32. The molecule has 30 heavy (non-hydrogen) atoms. The van der Waals surface area contributed by atoms with Crippen LogP contribution in [-0.4, -0.2) is 48.9 Å². The molecule has 0 unspecified atom stereocenters. The lowest BCUT2D eigenvalue weighted by molar-refractivity contribution is 0.251. The molecule has 160 valence electrons. The monoisotopic (exact) mass is 437 g/mol. The molecule has 3 aromatic rings. The predicted octanol–water partition coefficient (Wildman–Crippen LogP) is 2.69. The fourth-order valence-corrected chi connectivity index (χ4v) is 3.86. The smallest absolute Gasteiger partial charge is 0.319 e. The van der Waals surface area contributed by atoms with Gasteiger partial charge in [-0.1, -0.05) is 6.07 Å². The number of nitrogens with one attached hydrogen (secondary N) is 2. The third-order valence-electron chi connectivity index (χ3n) is 4.51. The first-order chi connectivity index (χ1) is 14.1. The summed E-state index contributed by atoms with van der Waals surface area (Å²) in [6, 6.07) is 7.19. The van der Waals surface area contributed by atoms with Crippen LogP contribution in [0, 0.1) is 18.6 Å². The number of halogens is 2. The van der Waals surface area contributed by atoms with Gasteiger partial charge in [-0.05, 0) is 37.3 Å². The summed E-state index contributed by atoms with van der Waals surface area (Å²) < 4.78 is 54.7. The number of carbonyl (C=O) groups is 1. The molecule has 2 aromatic carbocycles. The number of para-hydroxylation sites is 1. The zero-order chi connectivity index (χ0) is 22.1. The van der Waals surface area contributed by atoms with E-state index in [1.165, 1.54) is 32.3 Å². The van der Waals surface area contributed by atoms with Crippen molar-refractivity contribution < 1.29 is 22.0 Å². The highest BCUT2D eigenvalue weighted by atomic mass is 32.2. The molecule has 0 saturated heterocycles. The number of imidazole rings is 1. The number of urea groups is 1. The Morgan fingerprint density at radius 2 is 1.83 bits per heavy atom. The zero-order valence-electron chi connectivity index (χ0n) is 16.6. The number of sulfonamides is 1. The quantitative estimate of drug-likeness (QED) is 0.620. The minimum absolute atomic E-state index is 0.133. The largest absolute Gasteiger partial charge is 0.336 e. The van der Waals surface area contributed by atoms with Gasteiger partial charge in [0.15, 0.2) is 0 Å². The van der Waals surface area contributed by atoms with Crippen LogP contribution in [0.25, 0.3) is 11.0 Å². The predicted molar refractivity (Wildman–Crippen MR) is 109 cm³/mol. The molecule has 1 aromatic heterocycles. The summed E-state index contributed by atoms with van der Waals surface area (Å²) in [4.78, 5) is 16.5. The number of nitrogens with zero attached hydrogens (tertiary/aromatic N) is 3. The van der Waals surface area contributed by atoms with Crippen LogP contribution < -0.4 is 10.6 Å². The number of fused-ring (bicyclic) bond motifs is 1. The number of amides is 2. The van der Waals surface area contributed by atoms with Gasteiger partial charge in [0.2, 0.25) is 10.0 Å². The van der Waals surface area contributed by atoms with Gasteiger partial charge in [0.05, 0.1) is 15.9 Å². The first kappa shape index (κ1) is 21.7. The van der Waals surface area contributed by atoms with Gasteiger partial charge in [-0.25, -0.2) is 31.3 Å². The Balaban J connectivity index is 1.71. The van der Waals surface area contributed by atoms with Gasteiger partial charge in [-0.15, -0.1) is 0 Å². The average molecular weight is 437 g/mol. The number of rotatable bonds is 6. The Hall–Kier alpha value is -3.05. The molecule has 0 bridgehead atoms. The molecule has 0 radical (unpaired) electrons. The molecule has 2 amide bonds. The van der Waals surface area contributed by atoms with Crippen LogP contribution in [0.4, 0.5) is 19.3 Å². The van der Waals surface area contributed by atoms with Crippen molar-refractivity contribution in [3.8, 4) is 0 Å². The Morgan fingerprint density at radius 1 is 1.17 bits per heavy atom. The van der Waals surface area contributed by atoms with Crippen LogP contribution in [0.3, 0.4) is 0 Å². The molecular weight excluding hydrogens is 416 g/mol. The van der Waals surface area contributed by atoms with Gasteiger partial charge >= 0.3 is 6.03 Å². The molecule has 0 spiro atoms. The minimum atomic E-state index is -3.58. The molecule has 0 saturated carbocycles. The molecule has 2 N–H and O–H groups in total. The van der Waals surface area contributed by atoms with E-state index in [9.17, 15) is 22.0 Å². The Bertz CT molecular complexity index is 1190. The number of hydrogen-bond donors (Lipinski definition) is 2. The summed E-state index contributed by atoms with van der Waals surface area (Å²) in [5, 5.41) is 4.68. The van der Waals surface area contributed by atoms with Crippen LogP contribution in [0.5, 0.6) is 0 Å². The number of carbonyl (C=O) groups excluding carboxylic acids is 1. The summed E-state index contributed by atoms with van der Waals surface area (Å²) >= 11 is 0. The molecule has 11 heteroatoms. The van der Waals surface area contributed by atoms with Gasteiger partial charge in [-0.3, -0.25) is 0 Å². The van der Waals surface area contributed by atoms with Crippen LogP contribution in [0.15, 0.2) is 41.3 Å². The average Bonchev–Trinajstić information content (AvgIpc) is 2.99. The highest BCUT2D eigenvalue weighted by Crippen LogP contribution is 2.22. The van der Waals surface area contributed by atoms with E-state index >= 15 is 0 Å². The van der Waals surface area contributed by atoms with Crippen molar-refractivity contribution in [3.05, 3.63) is 53.9 Å². The van der Waals surface area contributed by atoms with E-state index in [0.29, 0.717) is 23.4 Å². The minimum Gasteiger partial charge on any atom is -0.336 e. The lowest BCUT2D eigenvalue weighted by atomic mass is 10.3. The second-order valence-electron chi connectivity index (χ2n) is 6.73. The zero-order valence-corrected chi connectivity index (χ0v) is 17.4. The standard InChI is InChI=1S/C19H21F2N5O3S/c1-12-23-16-11-13(30(28,29)25(2)3)7-8-17(16)26(12)10-9-22-19(27)24-18-14(20)5-4-6-15(18)21/h4-8,11H,9-10H2,1-3H3,(H2,22,24,27). The molecule has 0 fully saturated rings. The van der Waals surface area contributed by atoms with E-state index in [1.807, 2.05) is 4.57 Å². The number of anilines is 1. The van der Waals surface area contributed by atoms with Gasteiger partial charge in [0.25, 0.3) is 0 Å². The fourth-order valence-electron chi connectivity index (χ4n) is 2.94. The number of aromatic nitrogens is 2. The Labute approximate surface area is 172 Å². The van der Waals surface area contributed by atoms with Gasteiger partial charge < -0.3 is 15.2 Å². The Morgan fingerprint density at radius 3 is 2.47 bits per heavy atom. The van der Waals surface area contributed by atoms with Gasteiger partial charge in [0, 0.05) is 27.2 Å². The number of aryl methyl sites for hydroxylation is 1. The first-order valence-corrected chi connectivity index (χ1v) is 10.4. The third kappa shape index (κ3) is 4.26. The molecule has 0 aliphatic heterocycles. The second kappa shape index (κ2) is 8.36. The highest BCUT2D eigenvalue weighted by Gasteiger charge is 2.19. The van der Waals surface area contributed by atoms with Crippen molar-refractivity contribution in [2.75, 3.05) is 26.0 Å². The summed E-state index contributed by atoms with van der Waals surface area (Å²) in [5.74, 6) is -1.11. The topological polar surface area (TPSA) is 96.3 Å². The maximum Gasteiger partial charge on any atom is 0.319 e. The van der Waals surface area contributed by atoms with Crippen molar-refractivity contribution in [2.24, 2.45) is 0 Å². The van der Waals surface area contributed by atoms with E-state index in [2.05, 4.69) is 15.6 Å². The van der Waals surface area contributed by atoms with Crippen LogP contribution in [0.2, 0.25) is 0 Å².